The van der Waals surface area contributed by atoms with Gasteiger partial charge in [0.15, 0.2) is 0 Å². The normalized spacial score (nSPS) is 11.4. The average Bonchev–Trinajstić information content (AvgIpc) is 2.70. The minimum Gasteiger partial charge on any atom is -0.497 e. The summed E-state index contributed by atoms with van der Waals surface area (Å²) >= 11 is 0. The van der Waals surface area contributed by atoms with E-state index in [2.05, 4.69) is 9.97 Å². The van der Waals surface area contributed by atoms with Crippen molar-refractivity contribution in [2.24, 2.45) is 0 Å². The monoisotopic (exact) mass is 359 g/mol. The largest absolute Gasteiger partial charge is 0.497 e. The van der Waals surface area contributed by atoms with Gasteiger partial charge in [-0.25, -0.2) is 9.97 Å². The van der Waals surface area contributed by atoms with Crippen LogP contribution in [0.25, 0.3) is 17.0 Å². The van der Waals surface area contributed by atoms with Crippen LogP contribution >= 0.6 is 0 Å². The molecule has 136 valence electrons. The number of methoxy groups -OCH3 is 1. The van der Waals surface area contributed by atoms with Gasteiger partial charge in [-0.2, -0.15) is 0 Å². The summed E-state index contributed by atoms with van der Waals surface area (Å²) in [5.41, 5.74) is 2.14. The molecule has 0 unspecified atom stereocenters. The molecule has 2 aromatic heterocycles. The third kappa shape index (κ3) is 4.58. The van der Waals surface area contributed by atoms with E-state index in [4.69, 9.17) is 4.74 Å². The van der Waals surface area contributed by atoms with Gasteiger partial charge in [-0.3, -0.25) is 4.79 Å². The molecule has 27 heavy (non-hydrogen) atoms. The summed E-state index contributed by atoms with van der Waals surface area (Å²) in [5, 5.41) is 0.934. The molecule has 5 nitrogen and oxygen atoms in total. The molecular formula is C22H21N3O2. The summed E-state index contributed by atoms with van der Waals surface area (Å²) in [5.74, 6) is 1.53. The van der Waals surface area contributed by atoms with Gasteiger partial charge in [0.2, 0.25) is 5.78 Å². The quantitative estimate of drug-likeness (QED) is 0.376. The summed E-state index contributed by atoms with van der Waals surface area (Å²) in [6.07, 6.45) is 8.73. The molecule has 0 aliphatic heterocycles. The van der Waals surface area contributed by atoms with Crippen molar-refractivity contribution < 1.29 is 9.53 Å². The number of carbonyl (C=O) groups is 1. The third-order valence-electron chi connectivity index (χ3n) is 4.03. The molecule has 3 aromatic rings. The van der Waals surface area contributed by atoms with Gasteiger partial charge in [0, 0.05) is 25.7 Å². The predicted octanol–water partition coefficient (Wildman–Crippen LogP) is 4.16. The maximum Gasteiger partial charge on any atom is 0.204 e. The summed E-state index contributed by atoms with van der Waals surface area (Å²) in [4.78, 5) is 23.0. The van der Waals surface area contributed by atoms with E-state index < -0.39 is 0 Å². The van der Waals surface area contributed by atoms with Crippen molar-refractivity contribution in [2.45, 2.75) is 0 Å². The van der Waals surface area contributed by atoms with Crippen molar-refractivity contribution in [1.82, 2.24) is 9.97 Å². The summed E-state index contributed by atoms with van der Waals surface area (Å²) < 4.78 is 5.20. The maximum absolute atomic E-state index is 12.3. The molecule has 0 spiro atoms. The van der Waals surface area contributed by atoms with Crippen molar-refractivity contribution in [1.29, 1.82) is 0 Å². The number of carbonyl (C=O) groups excluding carboxylic acids is 1. The van der Waals surface area contributed by atoms with Gasteiger partial charge >= 0.3 is 0 Å². The fraction of sp³-hybridized carbons (Fsp3) is 0.136. The van der Waals surface area contributed by atoms with Crippen LogP contribution in [0.3, 0.4) is 0 Å². The highest BCUT2D eigenvalue weighted by molar-refractivity contribution is 6.04. The Morgan fingerprint density at radius 3 is 2.63 bits per heavy atom. The highest BCUT2D eigenvalue weighted by atomic mass is 16.5. The lowest BCUT2D eigenvalue weighted by atomic mass is 10.1. The maximum atomic E-state index is 12.3. The number of hydrogen-bond acceptors (Lipinski definition) is 5. The first-order chi connectivity index (χ1) is 13.1. The number of pyridine rings is 2. The minimum absolute atomic E-state index is 0.140. The van der Waals surface area contributed by atoms with Crippen molar-refractivity contribution in [3.05, 3.63) is 78.1 Å². The van der Waals surface area contributed by atoms with Crippen molar-refractivity contribution >= 4 is 28.6 Å². The zero-order chi connectivity index (χ0) is 19.2. The molecule has 0 aliphatic carbocycles. The van der Waals surface area contributed by atoms with E-state index in [-0.39, 0.29) is 5.78 Å². The Labute approximate surface area is 158 Å². The lowest BCUT2D eigenvalue weighted by Crippen LogP contribution is -2.09. The van der Waals surface area contributed by atoms with Crippen molar-refractivity contribution in [3.63, 3.8) is 0 Å². The van der Waals surface area contributed by atoms with Crippen LogP contribution in [0.4, 0.5) is 5.82 Å². The highest BCUT2D eigenvalue weighted by Gasteiger charge is 2.05. The molecule has 1 aromatic carbocycles. The van der Waals surface area contributed by atoms with Crippen LogP contribution in [-0.4, -0.2) is 37.0 Å². The van der Waals surface area contributed by atoms with Gasteiger partial charge in [-0.1, -0.05) is 24.3 Å². The van der Waals surface area contributed by atoms with E-state index in [1.54, 1.807) is 25.4 Å². The Bertz CT molecular complexity index is 1010. The summed E-state index contributed by atoms with van der Waals surface area (Å²) in [7, 11) is 5.52. The van der Waals surface area contributed by atoms with Gasteiger partial charge in [0.1, 0.15) is 17.3 Å². The standard InChI is InChI=1S/C22H21N3O2/c1-25(2)22-13-8-16(15-23-22)6-4-5-7-21(26)20-11-9-17-14-18(27-3)10-12-19(17)24-20/h4-15H,1-3H3/b6-4+,7-5+. The van der Waals surface area contributed by atoms with E-state index in [1.165, 1.54) is 6.08 Å². The zero-order valence-corrected chi connectivity index (χ0v) is 15.6. The number of hydrogen-bond donors (Lipinski definition) is 0. The van der Waals surface area contributed by atoms with Crippen LogP contribution in [0.15, 0.2) is 66.9 Å². The predicted molar refractivity (Wildman–Crippen MR) is 109 cm³/mol. The molecule has 0 atom stereocenters. The molecule has 2 heterocycles. The van der Waals surface area contributed by atoms with E-state index >= 15 is 0 Å². The number of anilines is 1. The molecule has 0 radical (unpaired) electrons. The second kappa shape index (κ2) is 8.27. The van der Waals surface area contributed by atoms with Gasteiger partial charge in [0.25, 0.3) is 0 Å². The zero-order valence-electron chi connectivity index (χ0n) is 15.6. The number of benzene rings is 1. The smallest absolute Gasteiger partial charge is 0.204 e. The lowest BCUT2D eigenvalue weighted by molar-refractivity contribution is 0.104. The van der Waals surface area contributed by atoms with E-state index in [1.807, 2.05) is 67.5 Å². The fourth-order valence-electron chi connectivity index (χ4n) is 2.52. The van der Waals surface area contributed by atoms with Gasteiger partial charge in [0.05, 0.1) is 12.6 Å². The number of allylic oxidation sites excluding steroid dienone is 3. The molecule has 0 saturated heterocycles. The van der Waals surface area contributed by atoms with Gasteiger partial charge in [-0.15, -0.1) is 0 Å². The Morgan fingerprint density at radius 1 is 1.07 bits per heavy atom. The third-order valence-corrected chi connectivity index (χ3v) is 4.03. The summed E-state index contributed by atoms with van der Waals surface area (Å²) in [6, 6.07) is 13.1. The number of fused-ring (bicyclic) bond motifs is 1. The topological polar surface area (TPSA) is 55.3 Å². The van der Waals surface area contributed by atoms with Crippen molar-refractivity contribution in [2.75, 3.05) is 26.1 Å². The SMILES string of the molecule is COc1ccc2nc(C(=O)/C=C/C=C/c3ccc(N(C)C)nc3)ccc2c1. The first-order valence-corrected chi connectivity index (χ1v) is 8.54. The molecule has 0 fully saturated rings. The molecule has 0 bridgehead atoms. The van der Waals surface area contributed by atoms with E-state index in [0.717, 1.165) is 28.0 Å². The first-order valence-electron chi connectivity index (χ1n) is 8.54. The molecule has 0 saturated carbocycles. The van der Waals surface area contributed by atoms with E-state index in [9.17, 15) is 4.79 Å². The number of ketones is 1. The number of nitrogens with zero attached hydrogens (tertiary/aromatic N) is 3. The molecule has 5 heteroatoms. The lowest BCUT2D eigenvalue weighted by Gasteiger charge is -2.10. The van der Waals surface area contributed by atoms with Crippen LogP contribution < -0.4 is 9.64 Å². The van der Waals surface area contributed by atoms with Gasteiger partial charge in [-0.05, 0) is 48.0 Å². The van der Waals surface area contributed by atoms with Crippen molar-refractivity contribution in [3.8, 4) is 5.75 Å². The molecular weight excluding hydrogens is 338 g/mol. The molecule has 3 rings (SSSR count). The Hall–Kier alpha value is -3.47. The highest BCUT2D eigenvalue weighted by Crippen LogP contribution is 2.19. The Balaban J connectivity index is 1.68. The molecule has 0 N–H and O–H groups in total. The van der Waals surface area contributed by atoms with Crippen LogP contribution in [-0.2, 0) is 0 Å². The second-order valence-electron chi connectivity index (χ2n) is 6.18. The Morgan fingerprint density at radius 2 is 1.93 bits per heavy atom. The molecule has 0 amide bonds. The van der Waals surface area contributed by atoms with Crippen LogP contribution in [0.5, 0.6) is 5.75 Å². The second-order valence-corrected chi connectivity index (χ2v) is 6.18. The minimum atomic E-state index is -0.140. The molecule has 0 aliphatic rings. The average molecular weight is 359 g/mol. The van der Waals surface area contributed by atoms with Crippen LogP contribution in [0, 0.1) is 0 Å². The van der Waals surface area contributed by atoms with Gasteiger partial charge < -0.3 is 9.64 Å². The van der Waals surface area contributed by atoms with Crippen LogP contribution in [0.2, 0.25) is 0 Å². The fourth-order valence-corrected chi connectivity index (χ4v) is 2.52. The van der Waals surface area contributed by atoms with E-state index in [0.29, 0.717) is 5.69 Å². The first kappa shape index (κ1) is 18.3. The number of ether oxygens (including phenoxy) is 1. The van der Waals surface area contributed by atoms with Crippen LogP contribution in [0.1, 0.15) is 16.1 Å². The number of aromatic nitrogens is 2. The number of rotatable bonds is 6. The summed E-state index contributed by atoms with van der Waals surface area (Å²) in [6.45, 7) is 0. The Kier molecular flexibility index (Phi) is 5.61.